The van der Waals surface area contributed by atoms with Gasteiger partial charge in [-0.3, -0.25) is 4.79 Å². The second kappa shape index (κ2) is 5.54. The molecule has 0 radical (unpaired) electrons. The molecule has 0 fully saturated rings. The Balaban J connectivity index is 4.00. The third-order valence-corrected chi connectivity index (χ3v) is 2.15. The van der Waals surface area contributed by atoms with Crippen molar-refractivity contribution in [2.24, 2.45) is 0 Å². The first-order chi connectivity index (χ1) is 5.50. The maximum absolute atomic E-state index is 11.4. The van der Waals surface area contributed by atoms with Crippen LogP contribution >= 0.6 is 15.9 Å². The van der Waals surface area contributed by atoms with Gasteiger partial charge in [0.05, 0.1) is 17.5 Å². The van der Waals surface area contributed by atoms with Crippen LogP contribution in [0, 0.1) is 0 Å². The molecule has 0 saturated carbocycles. The molecule has 0 rings (SSSR count). The average molecular weight is 238 g/mol. The molecule has 0 aliphatic rings. The van der Waals surface area contributed by atoms with E-state index in [-0.39, 0.29) is 16.8 Å². The number of carbonyl (C=O) groups is 1. The van der Waals surface area contributed by atoms with E-state index in [4.69, 9.17) is 4.74 Å². The van der Waals surface area contributed by atoms with E-state index in [2.05, 4.69) is 15.9 Å². The van der Waals surface area contributed by atoms with Gasteiger partial charge in [-0.15, -0.1) is 0 Å². The predicted octanol–water partition coefficient (Wildman–Crippen LogP) is 1.26. The first kappa shape index (κ1) is 11.9. The Labute approximate surface area is 82.2 Å². The topological polar surface area (TPSA) is 29.5 Å². The maximum atomic E-state index is 11.4. The van der Waals surface area contributed by atoms with Gasteiger partial charge < -0.3 is 9.64 Å². The smallest absolute Gasteiger partial charge is 0.236 e. The van der Waals surface area contributed by atoms with Gasteiger partial charge in [0, 0.05) is 14.2 Å². The normalized spacial score (nSPS) is 15.4. The van der Waals surface area contributed by atoms with Crippen LogP contribution < -0.4 is 0 Å². The molecule has 2 atom stereocenters. The van der Waals surface area contributed by atoms with Crippen LogP contribution in [-0.4, -0.2) is 42.4 Å². The van der Waals surface area contributed by atoms with Crippen molar-refractivity contribution in [2.75, 3.05) is 20.8 Å². The quantitative estimate of drug-likeness (QED) is 0.690. The zero-order valence-corrected chi connectivity index (χ0v) is 9.59. The Morgan fingerprint density at radius 1 is 1.58 bits per heavy atom. The molecule has 0 N–H and O–H groups in total. The Morgan fingerprint density at radius 3 is 2.42 bits per heavy atom. The molecule has 0 saturated heterocycles. The van der Waals surface area contributed by atoms with Crippen molar-refractivity contribution in [3.63, 3.8) is 0 Å². The van der Waals surface area contributed by atoms with Crippen molar-refractivity contribution in [1.29, 1.82) is 0 Å². The number of nitrogens with zero attached hydrogens (tertiary/aromatic N) is 1. The standard InChI is InChI=1S/C8H16BrNO2/c1-6(5-12-4)10(3)8(11)7(2)9/h6-7H,5H2,1-4H3. The largest absolute Gasteiger partial charge is 0.383 e. The molecule has 2 unspecified atom stereocenters. The molecule has 12 heavy (non-hydrogen) atoms. The van der Waals surface area contributed by atoms with Gasteiger partial charge in [-0.1, -0.05) is 15.9 Å². The summed E-state index contributed by atoms with van der Waals surface area (Å²) in [6.07, 6.45) is 0. The van der Waals surface area contributed by atoms with Crippen molar-refractivity contribution in [1.82, 2.24) is 4.90 Å². The van der Waals surface area contributed by atoms with Crippen LogP contribution in [0.3, 0.4) is 0 Å². The van der Waals surface area contributed by atoms with Crippen LogP contribution in [0.15, 0.2) is 0 Å². The third-order valence-electron chi connectivity index (χ3n) is 1.76. The van der Waals surface area contributed by atoms with Crippen LogP contribution in [-0.2, 0) is 9.53 Å². The Hall–Kier alpha value is -0.0900. The van der Waals surface area contributed by atoms with Crippen LogP contribution in [0.25, 0.3) is 0 Å². The summed E-state index contributed by atoms with van der Waals surface area (Å²) < 4.78 is 4.95. The van der Waals surface area contributed by atoms with E-state index in [0.717, 1.165) is 0 Å². The molecule has 3 nitrogen and oxygen atoms in total. The minimum atomic E-state index is -0.123. The Kier molecular flexibility index (Phi) is 5.50. The lowest BCUT2D eigenvalue weighted by molar-refractivity contribution is -0.131. The zero-order chi connectivity index (χ0) is 9.72. The number of rotatable bonds is 4. The highest BCUT2D eigenvalue weighted by Gasteiger charge is 2.18. The summed E-state index contributed by atoms with van der Waals surface area (Å²) in [6, 6.07) is 0.127. The molecule has 0 aromatic rings. The van der Waals surface area contributed by atoms with E-state index < -0.39 is 0 Å². The number of halogens is 1. The molecule has 0 aliphatic heterocycles. The van der Waals surface area contributed by atoms with Gasteiger partial charge in [0.2, 0.25) is 5.91 Å². The van der Waals surface area contributed by atoms with Gasteiger partial charge in [-0.2, -0.15) is 0 Å². The third kappa shape index (κ3) is 3.54. The number of hydrogen-bond acceptors (Lipinski definition) is 2. The second-order valence-corrected chi connectivity index (χ2v) is 4.24. The minimum absolute atomic E-state index is 0.0829. The summed E-state index contributed by atoms with van der Waals surface area (Å²) in [5.74, 6) is 0.0829. The fraction of sp³-hybridized carbons (Fsp3) is 0.875. The van der Waals surface area contributed by atoms with E-state index in [0.29, 0.717) is 6.61 Å². The summed E-state index contributed by atoms with van der Waals surface area (Å²) in [4.78, 5) is 12.9. The summed E-state index contributed by atoms with van der Waals surface area (Å²) in [5.41, 5.74) is 0. The van der Waals surface area contributed by atoms with Gasteiger partial charge in [0.25, 0.3) is 0 Å². The number of likely N-dealkylation sites (N-methyl/N-ethyl adjacent to an activating group) is 1. The number of ether oxygens (including phenoxy) is 1. The molecule has 4 heteroatoms. The van der Waals surface area contributed by atoms with Gasteiger partial charge in [-0.05, 0) is 13.8 Å². The van der Waals surface area contributed by atoms with E-state index in [1.54, 1.807) is 19.1 Å². The van der Waals surface area contributed by atoms with Crippen LogP contribution in [0.4, 0.5) is 0 Å². The first-order valence-corrected chi connectivity index (χ1v) is 4.82. The van der Waals surface area contributed by atoms with Gasteiger partial charge >= 0.3 is 0 Å². The summed E-state index contributed by atoms with van der Waals surface area (Å²) in [7, 11) is 3.41. The molecule has 0 heterocycles. The Bertz CT molecular complexity index is 150. The maximum Gasteiger partial charge on any atom is 0.236 e. The SMILES string of the molecule is COCC(C)N(C)C(=O)C(C)Br. The number of methoxy groups -OCH3 is 1. The monoisotopic (exact) mass is 237 g/mol. The highest BCUT2D eigenvalue weighted by molar-refractivity contribution is 9.10. The van der Waals surface area contributed by atoms with Crippen molar-refractivity contribution in [2.45, 2.75) is 24.7 Å². The molecular weight excluding hydrogens is 222 g/mol. The predicted molar refractivity (Wildman–Crippen MR) is 52.5 cm³/mol. The molecule has 0 aromatic heterocycles. The molecular formula is C8H16BrNO2. The highest BCUT2D eigenvalue weighted by atomic mass is 79.9. The number of hydrogen-bond donors (Lipinski definition) is 0. The first-order valence-electron chi connectivity index (χ1n) is 3.90. The lowest BCUT2D eigenvalue weighted by Crippen LogP contribution is -2.40. The van der Waals surface area contributed by atoms with E-state index in [1.165, 1.54) is 0 Å². The van der Waals surface area contributed by atoms with Crippen LogP contribution in [0.5, 0.6) is 0 Å². The zero-order valence-electron chi connectivity index (χ0n) is 8.00. The molecule has 1 amide bonds. The van der Waals surface area contributed by atoms with Crippen molar-refractivity contribution in [3.8, 4) is 0 Å². The number of carbonyl (C=O) groups excluding carboxylic acids is 1. The van der Waals surface area contributed by atoms with Crippen LogP contribution in [0.1, 0.15) is 13.8 Å². The van der Waals surface area contributed by atoms with Crippen molar-refractivity contribution in [3.05, 3.63) is 0 Å². The Morgan fingerprint density at radius 2 is 2.08 bits per heavy atom. The fourth-order valence-corrected chi connectivity index (χ4v) is 1.17. The number of alkyl halides is 1. The van der Waals surface area contributed by atoms with Crippen LogP contribution in [0.2, 0.25) is 0 Å². The lowest BCUT2D eigenvalue weighted by Gasteiger charge is -2.25. The molecule has 0 bridgehead atoms. The van der Waals surface area contributed by atoms with Crippen molar-refractivity contribution >= 4 is 21.8 Å². The van der Waals surface area contributed by atoms with E-state index in [1.807, 2.05) is 13.8 Å². The van der Waals surface area contributed by atoms with E-state index >= 15 is 0 Å². The lowest BCUT2D eigenvalue weighted by atomic mass is 10.3. The highest BCUT2D eigenvalue weighted by Crippen LogP contribution is 2.05. The van der Waals surface area contributed by atoms with E-state index in [9.17, 15) is 4.79 Å². The summed E-state index contributed by atoms with van der Waals surface area (Å²) in [6.45, 7) is 4.34. The molecule has 0 spiro atoms. The van der Waals surface area contributed by atoms with Gasteiger partial charge in [0.1, 0.15) is 0 Å². The summed E-state index contributed by atoms with van der Waals surface area (Å²) >= 11 is 3.23. The van der Waals surface area contributed by atoms with Gasteiger partial charge in [-0.25, -0.2) is 0 Å². The van der Waals surface area contributed by atoms with Crippen molar-refractivity contribution < 1.29 is 9.53 Å². The average Bonchev–Trinajstić information content (AvgIpc) is 2.02. The molecule has 0 aromatic carbocycles. The molecule has 72 valence electrons. The fourth-order valence-electron chi connectivity index (χ4n) is 0.851. The number of amides is 1. The second-order valence-electron chi connectivity index (χ2n) is 2.87. The molecule has 0 aliphatic carbocycles. The van der Waals surface area contributed by atoms with Gasteiger partial charge in [0.15, 0.2) is 0 Å². The summed E-state index contributed by atoms with van der Waals surface area (Å²) in [5, 5.41) is 0. The minimum Gasteiger partial charge on any atom is -0.383 e.